The Bertz CT molecular complexity index is 1040. The van der Waals surface area contributed by atoms with E-state index in [-0.39, 0.29) is 17.0 Å². The van der Waals surface area contributed by atoms with E-state index in [0.29, 0.717) is 12.1 Å². The number of H-pyrrole nitrogens is 1. The molecule has 0 bridgehead atoms. The van der Waals surface area contributed by atoms with Crippen LogP contribution >= 0.6 is 0 Å². The number of nitrogens with zero attached hydrogens (tertiary/aromatic N) is 1. The molecule has 1 heterocycles. The molecule has 0 radical (unpaired) electrons. The zero-order valence-corrected chi connectivity index (χ0v) is 15.5. The van der Waals surface area contributed by atoms with Crippen molar-refractivity contribution in [2.24, 2.45) is 0 Å². The van der Waals surface area contributed by atoms with Gasteiger partial charge in [-0.2, -0.15) is 4.31 Å². The highest BCUT2D eigenvalue weighted by Crippen LogP contribution is 2.19. The molecule has 136 valence electrons. The van der Waals surface area contributed by atoms with Crippen molar-refractivity contribution in [2.75, 3.05) is 6.54 Å². The van der Waals surface area contributed by atoms with Crippen molar-refractivity contribution in [3.8, 4) is 0 Å². The third kappa shape index (κ3) is 3.86. The molecule has 0 fully saturated rings. The maximum absolute atomic E-state index is 13.0. The van der Waals surface area contributed by atoms with Crippen molar-refractivity contribution in [2.45, 2.75) is 31.2 Å². The number of hydrogen-bond donors (Lipinski definition) is 1. The molecule has 0 saturated heterocycles. The molecule has 0 unspecified atom stereocenters. The SMILES string of the molecule is CCCCN(Cc1cc2ccccc2[nH]c1=O)S(=O)(=O)c1ccccc1. The lowest BCUT2D eigenvalue weighted by Gasteiger charge is -2.22. The van der Waals surface area contributed by atoms with Gasteiger partial charge in [-0.15, -0.1) is 0 Å². The topological polar surface area (TPSA) is 70.2 Å². The number of benzene rings is 2. The van der Waals surface area contributed by atoms with Crippen LogP contribution in [0.5, 0.6) is 0 Å². The van der Waals surface area contributed by atoms with E-state index in [1.54, 1.807) is 36.4 Å². The molecule has 26 heavy (non-hydrogen) atoms. The number of pyridine rings is 1. The summed E-state index contributed by atoms with van der Waals surface area (Å²) in [5.74, 6) is 0. The molecule has 3 rings (SSSR count). The van der Waals surface area contributed by atoms with Crippen LogP contribution in [0.25, 0.3) is 10.9 Å². The van der Waals surface area contributed by atoms with Crippen LogP contribution in [0.1, 0.15) is 25.3 Å². The van der Waals surface area contributed by atoms with Crippen molar-refractivity contribution >= 4 is 20.9 Å². The molecule has 2 aromatic carbocycles. The molecule has 1 aromatic heterocycles. The average molecular weight is 370 g/mol. The second-order valence-electron chi connectivity index (χ2n) is 6.22. The zero-order chi connectivity index (χ0) is 18.6. The Kier molecular flexibility index (Phi) is 5.54. The number of hydrogen-bond acceptors (Lipinski definition) is 3. The molecule has 0 aliphatic rings. The van der Waals surface area contributed by atoms with Crippen LogP contribution in [-0.4, -0.2) is 24.3 Å². The van der Waals surface area contributed by atoms with E-state index < -0.39 is 10.0 Å². The molecule has 0 amide bonds. The standard InChI is InChI=1S/C20H22N2O3S/c1-2-3-13-22(26(24,25)18-10-5-4-6-11-18)15-17-14-16-9-7-8-12-19(16)21-20(17)23/h4-12,14H,2-3,13,15H2,1H3,(H,21,23). The summed E-state index contributed by atoms with van der Waals surface area (Å²) >= 11 is 0. The summed E-state index contributed by atoms with van der Waals surface area (Å²) in [5.41, 5.74) is 0.931. The van der Waals surface area contributed by atoms with Gasteiger partial charge in [0.05, 0.1) is 4.90 Å². The highest BCUT2D eigenvalue weighted by molar-refractivity contribution is 7.89. The minimum Gasteiger partial charge on any atom is -0.322 e. The third-order valence-corrected chi connectivity index (χ3v) is 6.18. The van der Waals surface area contributed by atoms with Gasteiger partial charge in [0.2, 0.25) is 10.0 Å². The molecule has 0 saturated carbocycles. The number of fused-ring (bicyclic) bond motifs is 1. The quantitative estimate of drug-likeness (QED) is 0.692. The molecule has 0 aliphatic carbocycles. The Morgan fingerprint density at radius 1 is 1.00 bits per heavy atom. The lowest BCUT2D eigenvalue weighted by Crippen LogP contribution is -2.33. The third-order valence-electron chi connectivity index (χ3n) is 4.32. The fraction of sp³-hybridized carbons (Fsp3) is 0.250. The predicted octanol–water partition coefficient (Wildman–Crippen LogP) is 3.52. The lowest BCUT2D eigenvalue weighted by molar-refractivity contribution is 0.397. The van der Waals surface area contributed by atoms with Crippen molar-refractivity contribution in [3.63, 3.8) is 0 Å². The first-order valence-electron chi connectivity index (χ1n) is 8.68. The van der Waals surface area contributed by atoms with Crippen molar-refractivity contribution in [1.29, 1.82) is 0 Å². The highest BCUT2D eigenvalue weighted by Gasteiger charge is 2.25. The van der Waals surface area contributed by atoms with Gasteiger partial charge in [-0.05, 0) is 36.1 Å². The molecule has 0 spiro atoms. The summed E-state index contributed by atoms with van der Waals surface area (Å²) in [6.45, 7) is 2.44. The molecular weight excluding hydrogens is 348 g/mol. The van der Waals surface area contributed by atoms with Gasteiger partial charge in [-0.25, -0.2) is 8.42 Å². The first-order chi connectivity index (χ1) is 12.5. The first-order valence-corrected chi connectivity index (χ1v) is 10.1. The van der Waals surface area contributed by atoms with Crippen LogP contribution < -0.4 is 5.56 Å². The van der Waals surface area contributed by atoms with Crippen LogP contribution in [0.2, 0.25) is 0 Å². The molecule has 6 heteroatoms. The summed E-state index contributed by atoms with van der Waals surface area (Å²) in [4.78, 5) is 15.5. The molecule has 0 atom stereocenters. The van der Waals surface area contributed by atoms with E-state index >= 15 is 0 Å². The van der Waals surface area contributed by atoms with Gasteiger partial charge in [0, 0.05) is 24.2 Å². The zero-order valence-electron chi connectivity index (χ0n) is 14.7. The number of para-hydroxylation sites is 1. The van der Waals surface area contributed by atoms with Crippen LogP contribution in [-0.2, 0) is 16.6 Å². The average Bonchev–Trinajstić information content (AvgIpc) is 2.66. The van der Waals surface area contributed by atoms with Crippen LogP contribution in [0, 0.1) is 0 Å². The highest BCUT2D eigenvalue weighted by atomic mass is 32.2. The van der Waals surface area contributed by atoms with Gasteiger partial charge >= 0.3 is 0 Å². The number of sulfonamides is 1. The van der Waals surface area contributed by atoms with Gasteiger partial charge in [0.25, 0.3) is 5.56 Å². The van der Waals surface area contributed by atoms with Gasteiger partial charge in [-0.3, -0.25) is 4.79 Å². The van der Waals surface area contributed by atoms with E-state index in [9.17, 15) is 13.2 Å². The van der Waals surface area contributed by atoms with Crippen molar-refractivity contribution in [3.05, 3.63) is 76.6 Å². The van der Waals surface area contributed by atoms with E-state index in [2.05, 4.69) is 4.98 Å². The summed E-state index contributed by atoms with van der Waals surface area (Å²) < 4.78 is 27.5. The van der Waals surface area contributed by atoms with Gasteiger partial charge in [-0.1, -0.05) is 49.7 Å². The molecule has 0 aliphatic heterocycles. The number of unbranched alkanes of at least 4 members (excludes halogenated alkanes) is 1. The number of aromatic nitrogens is 1. The maximum atomic E-state index is 13.0. The predicted molar refractivity (Wildman–Crippen MR) is 104 cm³/mol. The lowest BCUT2D eigenvalue weighted by atomic mass is 10.1. The fourth-order valence-corrected chi connectivity index (χ4v) is 4.34. The normalized spacial score (nSPS) is 11.9. The van der Waals surface area contributed by atoms with Crippen LogP contribution in [0.4, 0.5) is 0 Å². The van der Waals surface area contributed by atoms with Crippen LogP contribution in [0.15, 0.2) is 70.4 Å². The minimum absolute atomic E-state index is 0.0530. The number of aromatic amines is 1. The van der Waals surface area contributed by atoms with E-state index in [4.69, 9.17) is 0 Å². The maximum Gasteiger partial charge on any atom is 0.252 e. The fourth-order valence-electron chi connectivity index (χ4n) is 2.86. The van der Waals surface area contributed by atoms with Crippen molar-refractivity contribution < 1.29 is 8.42 Å². The van der Waals surface area contributed by atoms with Gasteiger partial charge in [0.1, 0.15) is 0 Å². The largest absolute Gasteiger partial charge is 0.322 e. The second kappa shape index (κ2) is 7.85. The Hall–Kier alpha value is -2.44. The minimum atomic E-state index is -3.66. The van der Waals surface area contributed by atoms with Crippen molar-refractivity contribution in [1.82, 2.24) is 9.29 Å². The second-order valence-corrected chi connectivity index (χ2v) is 8.15. The Morgan fingerprint density at radius 2 is 1.69 bits per heavy atom. The van der Waals surface area contributed by atoms with Gasteiger partial charge < -0.3 is 4.98 Å². The van der Waals surface area contributed by atoms with E-state index in [0.717, 1.165) is 23.7 Å². The van der Waals surface area contributed by atoms with E-state index in [1.165, 1.54) is 4.31 Å². The number of rotatable bonds is 7. The first kappa shape index (κ1) is 18.4. The summed E-state index contributed by atoms with van der Waals surface area (Å²) in [6, 6.07) is 17.6. The monoisotopic (exact) mass is 370 g/mol. The summed E-state index contributed by atoms with van der Waals surface area (Å²) in [5, 5.41) is 0.884. The molecular formula is C20H22N2O3S. The summed E-state index contributed by atoms with van der Waals surface area (Å²) in [6.07, 6.45) is 1.60. The van der Waals surface area contributed by atoms with E-state index in [1.807, 2.05) is 31.2 Å². The molecule has 3 aromatic rings. The Labute approximate surface area is 153 Å². The van der Waals surface area contributed by atoms with Crippen LogP contribution in [0.3, 0.4) is 0 Å². The molecule has 5 nitrogen and oxygen atoms in total. The molecule has 1 N–H and O–H groups in total. The number of nitrogens with one attached hydrogen (secondary N) is 1. The Balaban J connectivity index is 1.99. The van der Waals surface area contributed by atoms with Gasteiger partial charge in [0.15, 0.2) is 0 Å². The Morgan fingerprint density at radius 3 is 2.42 bits per heavy atom. The smallest absolute Gasteiger partial charge is 0.252 e. The summed E-state index contributed by atoms with van der Waals surface area (Å²) in [7, 11) is -3.66.